The molecule has 0 spiro atoms. The van der Waals surface area contributed by atoms with E-state index >= 15 is 0 Å². The second-order valence-electron chi connectivity index (χ2n) is 5.21. The fraction of sp³-hybridized carbons (Fsp3) is 0.353. The normalized spacial score (nSPS) is 14.1. The highest BCUT2D eigenvalue weighted by atomic mass is 79.9. The molecule has 0 saturated heterocycles. The minimum atomic E-state index is -0.487. The largest absolute Gasteiger partial charge is 0.387 e. The molecular formula is C17H21BrN2O. The summed E-state index contributed by atoms with van der Waals surface area (Å²) in [5.74, 6) is 0. The number of aliphatic hydroxyl groups is 1. The highest BCUT2D eigenvalue weighted by molar-refractivity contribution is 9.10. The van der Waals surface area contributed by atoms with Gasteiger partial charge in [-0.25, -0.2) is 0 Å². The molecule has 0 aliphatic rings. The van der Waals surface area contributed by atoms with E-state index in [2.05, 4.69) is 39.8 Å². The minimum absolute atomic E-state index is 0.290. The predicted octanol–water partition coefficient (Wildman–Crippen LogP) is 3.96. The van der Waals surface area contributed by atoms with Crippen LogP contribution in [0.1, 0.15) is 36.6 Å². The Bertz CT molecular complexity index is 544. The number of pyridine rings is 1. The van der Waals surface area contributed by atoms with E-state index in [9.17, 15) is 5.11 Å². The molecule has 112 valence electrons. The number of hydrogen-bond acceptors (Lipinski definition) is 3. The number of benzene rings is 1. The fourth-order valence-corrected chi connectivity index (χ4v) is 2.84. The van der Waals surface area contributed by atoms with Crippen LogP contribution in [0.25, 0.3) is 0 Å². The quantitative estimate of drug-likeness (QED) is 0.858. The molecule has 0 amide bonds. The smallest absolute Gasteiger partial charge is 0.0917 e. The lowest BCUT2D eigenvalue weighted by molar-refractivity contribution is 0.103. The average molecular weight is 349 g/mol. The molecule has 0 radical (unpaired) electrons. The van der Waals surface area contributed by atoms with Gasteiger partial charge in [0.2, 0.25) is 0 Å². The van der Waals surface area contributed by atoms with E-state index in [-0.39, 0.29) is 6.04 Å². The van der Waals surface area contributed by atoms with E-state index < -0.39 is 6.10 Å². The Morgan fingerprint density at radius 2 is 1.71 bits per heavy atom. The van der Waals surface area contributed by atoms with Gasteiger partial charge in [-0.3, -0.25) is 9.88 Å². The molecule has 2 rings (SSSR count). The van der Waals surface area contributed by atoms with Crippen LogP contribution in [0.4, 0.5) is 0 Å². The Morgan fingerprint density at radius 1 is 1.10 bits per heavy atom. The van der Waals surface area contributed by atoms with Crippen molar-refractivity contribution >= 4 is 15.9 Å². The molecule has 2 unspecified atom stereocenters. The Balaban J connectivity index is 2.05. The second-order valence-corrected chi connectivity index (χ2v) is 6.13. The van der Waals surface area contributed by atoms with Crippen molar-refractivity contribution in [3.05, 3.63) is 64.4 Å². The van der Waals surface area contributed by atoms with Gasteiger partial charge in [-0.1, -0.05) is 35.0 Å². The number of nitrogens with zero attached hydrogens (tertiary/aromatic N) is 2. The summed E-state index contributed by atoms with van der Waals surface area (Å²) in [4.78, 5) is 6.26. The first-order chi connectivity index (χ1) is 10.1. The molecule has 2 atom stereocenters. The molecule has 4 heteroatoms. The summed E-state index contributed by atoms with van der Waals surface area (Å²) in [5.41, 5.74) is 2.17. The number of likely N-dealkylation sites (N-methyl/N-ethyl adjacent to an activating group) is 1. The van der Waals surface area contributed by atoms with E-state index in [1.807, 2.05) is 48.8 Å². The molecule has 0 bridgehead atoms. The summed E-state index contributed by atoms with van der Waals surface area (Å²) in [5, 5.41) is 10.4. The lowest BCUT2D eigenvalue weighted by atomic mass is 10.0. The van der Waals surface area contributed by atoms with Gasteiger partial charge >= 0.3 is 0 Å². The summed E-state index contributed by atoms with van der Waals surface area (Å²) in [6.07, 6.45) is 4.14. The first kappa shape index (κ1) is 16.1. The molecule has 0 aliphatic carbocycles. The van der Waals surface area contributed by atoms with Crippen molar-refractivity contribution in [3.8, 4) is 0 Å². The van der Waals surface area contributed by atoms with Crippen molar-refractivity contribution in [1.29, 1.82) is 0 Å². The van der Waals surface area contributed by atoms with Gasteiger partial charge < -0.3 is 5.11 Å². The minimum Gasteiger partial charge on any atom is -0.387 e. The Morgan fingerprint density at radius 3 is 2.29 bits per heavy atom. The third-order valence-corrected chi connectivity index (χ3v) is 4.25. The molecule has 1 aromatic carbocycles. The monoisotopic (exact) mass is 348 g/mol. The summed E-state index contributed by atoms with van der Waals surface area (Å²) in [6.45, 7) is 2.76. The summed E-state index contributed by atoms with van der Waals surface area (Å²) >= 11 is 3.41. The number of rotatable bonds is 6. The van der Waals surface area contributed by atoms with Crippen LogP contribution < -0.4 is 0 Å². The molecule has 0 aliphatic heterocycles. The first-order valence-electron chi connectivity index (χ1n) is 7.15. The van der Waals surface area contributed by atoms with Gasteiger partial charge in [0.25, 0.3) is 0 Å². The third kappa shape index (κ3) is 4.37. The predicted molar refractivity (Wildman–Crippen MR) is 89.0 cm³/mol. The third-order valence-electron chi connectivity index (χ3n) is 3.73. The van der Waals surface area contributed by atoms with Gasteiger partial charge in [-0.2, -0.15) is 0 Å². The van der Waals surface area contributed by atoms with Crippen molar-refractivity contribution in [2.24, 2.45) is 0 Å². The highest BCUT2D eigenvalue weighted by Gasteiger charge is 2.18. The summed E-state index contributed by atoms with van der Waals surface area (Å²) in [6, 6.07) is 12.2. The molecular weight excluding hydrogens is 328 g/mol. The zero-order valence-electron chi connectivity index (χ0n) is 12.4. The zero-order chi connectivity index (χ0) is 15.2. The van der Waals surface area contributed by atoms with Crippen LogP contribution in [-0.4, -0.2) is 28.6 Å². The number of aliphatic hydroxyl groups excluding tert-OH is 1. The summed E-state index contributed by atoms with van der Waals surface area (Å²) in [7, 11) is 2.05. The van der Waals surface area contributed by atoms with Crippen molar-refractivity contribution < 1.29 is 5.11 Å². The van der Waals surface area contributed by atoms with E-state index in [0.29, 0.717) is 6.54 Å². The Hall–Kier alpha value is -1.23. The zero-order valence-corrected chi connectivity index (χ0v) is 14.0. The van der Waals surface area contributed by atoms with E-state index in [0.717, 1.165) is 16.5 Å². The topological polar surface area (TPSA) is 36.4 Å². The van der Waals surface area contributed by atoms with Crippen molar-refractivity contribution in [3.63, 3.8) is 0 Å². The van der Waals surface area contributed by atoms with Gasteiger partial charge in [0, 0.05) is 29.5 Å². The molecule has 21 heavy (non-hydrogen) atoms. The molecule has 0 saturated carbocycles. The molecule has 1 N–H and O–H groups in total. The molecule has 2 aromatic rings. The number of hydrogen-bond donors (Lipinski definition) is 1. The van der Waals surface area contributed by atoms with Gasteiger partial charge in [-0.15, -0.1) is 0 Å². The number of halogens is 1. The van der Waals surface area contributed by atoms with Crippen molar-refractivity contribution in [1.82, 2.24) is 9.88 Å². The Kier molecular flexibility index (Phi) is 5.91. The van der Waals surface area contributed by atoms with E-state index in [4.69, 9.17) is 0 Å². The van der Waals surface area contributed by atoms with E-state index in [1.165, 1.54) is 5.56 Å². The lowest BCUT2D eigenvalue weighted by Gasteiger charge is -2.29. The lowest BCUT2D eigenvalue weighted by Crippen LogP contribution is -2.29. The van der Waals surface area contributed by atoms with Crippen LogP contribution in [0.5, 0.6) is 0 Å². The SMILES string of the molecule is CCC(c1ccncc1)N(C)CC(O)c1ccc(Br)cc1. The van der Waals surface area contributed by atoms with Gasteiger partial charge in [0.05, 0.1) is 6.10 Å². The fourth-order valence-electron chi connectivity index (χ4n) is 2.58. The molecule has 3 nitrogen and oxygen atoms in total. The first-order valence-corrected chi connectivity index (χ1v) is 7.94. The molecule has 1 heterocycles. The van der Waals surface area contributed by atoms with Crippen LogP contribution >= 0.6 is 15.9 Å². The maximum absolute atomic E-state index is 10.4. The molecule has 1 aromatic heterocycles. The van der Waals surface area contributed by atoms with Gasteiger partial charge in [-0.05, 0) is 48.9 Å². The van der Waals surface area contributed by atoms with Crippen LogP contribution in [0.2, 0.25) is 0 Å². The summed E-state index contributed by atoms with van der Waals surface area (Å²) < 4.78 is 1.02. The van der Waals surface area contributed by atoms with E-state index in [1.54, 1.807) is 0 Å². The van der Waals surface area contributed by atoms with Crippen molar-refractivity contribution in [2.75, 3.05) is 13.6 Å². The standard InChI is InChI=1S/C17H21BrN2O/c1-3-16(13-8-10-19-11-9-13)20(2)12-17(21)14-4-6-15(18)7-5-14/h4-11,16-17,21H,3,12H2,1-2H3. The van der Waals surface area contributed by atoms with Crippen LogP contribution in [0.15, 0.2) is 53.3 Å². The maximum Gasteiger partial charge on any atom is 0.0917 e. The van der Waals surface area contributed by atoms with Crippen molar-refractivity contribution in [2.45, 2.75) is 25.5 Å². The molecule has 0 fully saturated rings. The average Bonchev–Trinajstić information content (AvgIpc) is 2.49. The van der Waals surface area contributed by atoms with Crippen LogP contribution in [-0.2, 0) is 0 Å². The van der Waals surface area contributed by atoms with Crippen LogP contribution in [0.3, 0.4) is 0 Å². The van der Waals surface area contributed by atoms with Gasteiger partial charge in [0.1, 0.15) is 0 Å². The van der Waals surface area contributed by atoms with Gasteiger partial charge in [0.15, 0.2) is 0 Å². The Labute approximate surface area is 134 Å². The number of aromatic nitrogens is 1. The van der Waals surface area contributed by atoms with Crippen LogP contribution in [0, 0.1) is 0 Å². The highest BCUT2D eigenvalue weighted by Crippen LogP contribution is 2.25. The second kappa shape index (κ2) is 7.69. The maximum atomic E-state index is 10.4.